The molecular formula is C21H35N2O6PS2. The van der Waals surface area contributed by atoms with Crippen molar-refractivity contribution < 1.29 is 28.3 Å². The summed E-state index contributed by atoms with van der Waals surface area (Å²) in [7, 11) is -2.92. The normalized spacial score (nSPS) is 28.0. The number of likely N-dealkylation sites (tertiary alicyclic amines) is 1. The van der Waals surface area contributed by atoms with E-state index in [-0.39, 0.29) is 36.7 Å². The Balaban J connectivity index is 1.44. The number of fused-ring (bicyclic) bond motifs is 5. The number of amides is 2. The van der Waals surface area contributed by atoms with Crippen LogP contribution in [-0.2, 0) is 28.3 Å². The van der Waals surface area contributed by atoms with Crippen LogP contribution in [0.4, 0.5) is 0 Å². The third kappa shape index (κ3) is 6.62. The molecule has 8 nitrogen and oxygen atoms in total. The first-order valence-corrected chi connectivity index (χ1v) is 15.7. The largest absolute Gasteiger partial charge is 0.365 e. The lowest BCUT2D eigenvalue weighted by atomic mass is 9.85. The van der Waals surface area contributed by atoms with Crippen molar-refractivity contribution in [1.82, 2.24) is 4.90 Å². The van der Waals surface area contributed by atoms with Gasteiger partial charge in [0.2, 0.25) is 19.2 Å². The van der Waals surface area contributed by atoms with Crippen LogP contribution in [0, 0.1) is 11.8 Å². The summed E-state index contributed by atoms with van der Waals surface area (Å²) in [6.07, 6.45) is 6.60. The zero-order valence-electron chi connectivity index (χ0n) is 18.7. The first kappa shape index (κ1) is 26.3. The standard InChI is InChI=1S/C21H35N2O6PS2/c1-2-3-9-28-30(26,11-13-32-15-14-31-12-4-8-27-22)10-7-23-20(24)18-16-5-6-17(29-16)19(18)21(23)25/h5-6,16-19H,2-4,7-15,22H2,1H3. The quantitative estimate of drug-likeness (QED) is 0.105. The summed E-state index contributed by atoms with van der Waals surface area (Å²) in [6.45, 7) is 3.25. The van der Waals surface area contributed by atoms with Gasteiger partial charge in [-0.3, -0.25) is 19.1 Å². The highest BCUT2D eigenvalue weighted by Crippen LogP contribution is 2.49. The molecule has 3 rings (SSSR count). The molecule has 0 aromatic rings. The number of nitrogens with zero attached hydrogens (tertiary/aromatic N) is 1. The fourth-order valence-electron chi connectivity index (χ4n) is 4.22. The Kier molecular flexibility index (Phi) is 10.6. The van der Waals surface area contributed by atoms with Crippen LogP contribution in [0.3, 0.4) is 0 Å². The Morgan fingerprint density at radius 1 is 1.00 bits per heavy atom. The van der Waals surface area contributed by atoms with Crippen LogP contribution in [0.5, 0.6) is 0 Å². The monoisotopic (exact) mass is 506 g/mol. The van der Waals surface area contributed by atoms with E-state index in [2.05, 4.69) is 11.8 Å². The van der Waals surface area contributed by atoms with E-state index < -0.39 is 19.2 Å². The first-order valence-electron chi connectivity index (χ1n) is 11.4. The fraction of sp³-hybridized carbons (Fsp3) is 0.810. The Labute approximate surface area is 199 Å². The van der Waals surface area contributed by atoms with E-state index in [9.17, 15) is 14.2 Å². The molecule has 11 heteroatoms. The van der Waals surface area contributed by atoms with Gasteiger partial charge in [-0.1, -0.05) is 25.5 Å². The van der Waals surface area contributed by atoms with Crippen LogP contribution in [0.25, 0.3) is 0 Å². The third-order valence-electron chi connectivity index (χ3n) is 5.99. The van der Waals surface area contributed by atoms with Gasteiger partial charge < -0.3 is 14.1 Å². The molecule has 3 aliphatic heterocycles. The number of hydrogen-bond acceptors (Lipinski definition) is 9. The van der Waals surface area contributed by atoms with Crippen LogP contribution in [0.1, 0.15) is 26.2 Å². The maximum Gasteiger partial charge on any atom is 0.236 e. The highest BCUT2D eigenvalue weighted by Gasteiger charge is 2.60. The van der Waals surface area contributed by atoms with Crippen molar-refractivity contribution in [3.05, 3.63) is 12.2 Å². The van der Waals surface area contributed by atoms with Crippen molar-refractivity contribution >= 4 is 42.7 Å². The summed E-state index contributed by atoms with van der Waals surface area (Å²) in [6, 6.07) is 0. The Hall–Kier alpha value is -0.350. The summed E-state index contributed by atoms with van der Waals surface area (Å²) in [5, 5.41) is 0. The molecule has 2 saturated heterocycles. The second kappa shape index (κ2) is 12.9. The summed E-state index contributed by atoms with van der Waals surface area (Å²) in [5.41, 5.74) is 0. The number of carbonyl (C=O) groups excluding carboxylic acids is 2. The Morgan fingerprint density at radius 3 is 2.28 bits per heavy atom. The van der Waals surface area contributed by atoms with E-state index in [1.165, 1.54) is 4.90 Å². The van der Waals surface area contributed by atoms with Crippen LogP contribution < -0.4 is 5.90 Å². The second-order valence-corrected chi connectivity index (χ2v) is 13.5. The number of unbranched alkanes of at least 4 members (excludes halogenated alkanes) is 1. The minimum atomic E-state index is -2.92. The Morgan fingerprint density at radius 2 is 1.66 bits per heavy atom. The van der Waals surface area contributed by atoms with Crippen LogP contribution in [0.15, 0.2) is 12.2 Å². The van der Waals surface area contributed by atoms with E-state index in [1.807, 2.05) is 23.9 Å². The molecule has 0 aliphatic carbocycles. The summed E-state index contributed by atoms with van der Waals surface area (Å²) < 4.78 is 25.0. The molecule has 182 valence electrons. The average Bonchev–Trinajstić information content (AvgIpc) is 3.46. The minimum Gasteiger partial charge on any atom is -0.365 e. The van der Waals surface area contributed by atoms with Gasteiger partial charge in [-0.2, -0.15) is 23.5 Å². The van der Waals surface area contributed by atoms with Gasteiger partial charge in [0.15, 0.2) is 0 Å². The molecule has 2 bridgehead atoms. The van der Waals surface area contributed by atoms with Crippen molar-refractivity contribution in [2.45, 2.75) is 38.4 Å². The molecule has 0 aromatic carbocycles. The third-order valence-corrected chi connectivity index (χ3v) is 11.0. The zero-order valence-corrected chi connectivity index (χ0v) is 21.2. The van der Waals surface area contributed by atoms with E-state index >= 15 is 0 Å². The van der Waals surface area contributed by atoms with E-state index in [0.717, 1.165) is 42.3 Å². The maximum atomic E-state index is 13.5. The summed E-state index contributed by atoms with van der Waals surface area (Å²) in [4.78, 5) is 31.5. The molecule has 2 fully saturated rings. The summed E-state index contributed by atoms with van der Waals surface area (Å²) in [5.74, 6) is 7.55. The fourth-order valence-corrected chi connectivity index (χ4v) is 8.97. The number of ether oxygens (including phenoxy) is 1. The topological polar surface area (TPSA) is 108 Å². The minimum absolute atomic E-state index is 0.164. The molecule has 32 heavy (non-hydrogen) atoms. The molecule has 5 unspecified atom stereocenters. The molecule has 3 aliphatic rings. The molecular weight excluding hydrogens is 471 g/mol. The van der Waals surface area contributed by atoms with Crippen LogP contribution in [-0.4, -0.2) is 84.0 Å². The van der Waals surface area contributed by atoms with Gasteiger partial charge in [-0.25, -0.2) is 5.90 Å². The molecule has 0 spiro atoms. The van der Waals surface area contributed by atoms with Gasteiger partial charge in [-0.15, -0.1) is 0 Å². The Bertz CT molecular complexity index is 694. The number of rotatable bonds is 17. The first-order chi connectivity index (χ1) is 15.5. The highest BCUT2D eigenvalue weighted by molar-refractivity contribution is 8.03. The number of imide groups is 1. The van der Waals surface area contributed by atoms with Crippen LogP contribution in [0.2, 0.25) is 0 Å². The van der Waals surface area contributed by atoms with Crippen molar-refractivity contribution in [3.63, 3.8) is 0 Å². The van der Waals surface area contributed by atoms with Crippen LogP contribution >= 0.6 is 30.9 Å². The smallest absolute Gasteiger partial charge is 0.236 e. The van der Waals surface area contributed by atoms with Crippen molar-refractivity contribution in [2.24, 2.45) is 17.7 Å². The maximum absolute atomic E-state index is 13.5. The zero-order chi connectivity index (χ0) is 23.0. The molecule has 0 saturated carbocycles. The predicted octanol–water partition coefficient (Wildman–Crippen LogP) is 2.77. The van der Waals surface area contributed by atoms with Crippen molar-refractivity contribution in [1.29, 1.82) is 0 Å². The number of carbonyl (C=O) groups is 2. The molecule has 5 atom stereocenters. The second-order valence-electron chi connectivity index (χ2n) is 8.23. The number of nitrogens with two attached hydrogens (primary N) is 1. The summed E-state index contributed by atoms with van der Waals surface area (Å²) >= 11 is 3.62. The molecule has 2 N–H and O–H groups in total. The number of thioether (sulfide) groups is 2. The highest BCUT2D eigenvalue weighted by atomic mass is 32.2. The van der Waals surface area contributed by atoms with E-state index in [0.29, 0.717) is 19.4 Å². The molecule has 0 aromatic heterocycles. The van der Waals surface area contributed by atoms with Crippen molar-refractivity contribution in [2.75, 3.05) is 55.1 Å². The molecule has 2 amide bonds. The van der Waals surface area contributed by atoms with Gasteiger partial charge >= 0.3 is 0 Å². The SMILES string of the molecule is CCCCOP(=O)(CCSCCSCCCON)CCN1C(=O)C2C3C=CC(O3)C2C1=O. The van der Waals surface area contributed by atoms with Gasteiger partial charge in [0.1, 0.15) is 0 Å². The van der Waals surface area contributed by atoms with E-state index in [4.69, 9.17) is 15.2 Å². The molecule has 0 radical (unpaired) electrons. The lowest BCUT2D eigenvalue weighted by Crippen LogP contribution is -2.36. The van der Waals surface area contributed by atoms with Gasteiger partial charge in [-0.05, 0) is 18.6 Å². The average molecular weight is 507 g/mol. The van der Waals surface area contributed by atoms with Gasteiger partial charge in [0.25, 0.3) is 0 Å². The van der Waals surface area contributed by atoms with Gasteiger partial charge in [0, 0.05) is 36.1 Å². The molecule has 3 heterocycles. The van der Waals surface area contributed by atoms with E-state index in [1.54, 1.807) is 11.8 Å². The lowest BCUT2D eigenvalue weighted by Gasteiger charge is -2.22. The predicted molar refractivity (Wildman–Crippen MR) is 129 cm³/mol. The number of hydrogen-bond donors (Lipinski definition) is 1. The lowest BCUT2D eigenvalue weighted by molar-refractivity contribution is -0.141. The van der Waals surface area contributed by atoms with Crippen molar-refractivity contribution in [3.8, 4) is 0 Å². The van der Waals surface area contributed by atoms with Gasteiger partial charge in [0.05, 0.1) is 37.3 Å².